The van der Waals surface area contributed by atoms with Gasteiger partial charge in [0, 0.05) is 18.4 Å². The van der Waals surface area contributed by atoms with E-state index in [9.17, 15) is 14.4 Å². The fourth-order valence-corrected chi connectivity index (χ4v) is 3.00. The van der Waals surface area contributed by atoms with Crippen LogP contribution in [0.3, 0.4) is 0 Å². The number of nitrogens with two attached hydrogens (primary N) is 1. The second-order valence-electron chi connectivity index (χ2n) is 3.11. The van der Waals surface area contributed by atoms with E-state index in [0.717, 1.165) is 21.6 Å². The zero-order chi connectivity index (χ0) is 13.4. The largest absolute Gasteiger partial charge is 0.480 e. The van der Waals surface area contributed by atoms with Gasteiger partial charge in [0.25, 0.3) is 0 Å². The summed E-state index contributed by atoms with van der Waals surface area (Å²) >= 11 is 0. The van der Waals surface area contributed by atoms with E-state index in [-0.39, 0.29) is 11.5 Å². The van der Waals surface area contributed by atoms with Crippen molar-refractivity contribution in [2.45, 2.75) is 19.0 Å². The predicted molar refractivity (Wildman–Crippen MR) is 65.8 cm³/mol. The molecule has 0 rings (SSSR count). The summed E-state index contributed by atoms with van der Waals surface area (Å²) in [5.74, 6) is -2.34. The topological polar surface area (TPSA) is 130 Å². The van der Waals surface area contributed by atoms with Gasteiger partial charge in [-0.25, -0.2) is 4.79 Å². The van der Waals surface area contributed by atoms with Crippen LogP contribution < -0.4 is 11.1 Å². The van der Waals surface area contributed by atoms with Crippen LogP contribution in [0.25, 0.3) is 0 Å². The lowest BCUT2D eigenvalue weighted by atomic mass is 10.3. The van der Waals surface area contributed by atoms with Crippen molar-refractivity contribution in [3.8, 4) is 0 Å². The Balaban J connectivity index is 3.87. The molecule has 98 valence electrons. The van der Waals surface area contributed by atoms with Crippen molar-refractivity contribution in [2.24, 2.45) is 5.73 Å². The number of carboxylic acid groups (broad SMARTS) is 2. The number of hydrogen-bond acceptors (Lipinski definition) is 6. The van der Waals surface area contributed by atoms with Gasteiger partial charge in [0.2, 0.25) is 5.91 Å². The molecule has 0 aliphatic heterocycles. The predicted octanol–water partition coefficient (Wildman–Crippen LogP) is -0.631. The highest BCUT2D eigenvalue weighted by Crippen LogP contribution is 2.22. The summed E-state index contributed by atoms with van der Waals surface area (Å²) in [6.07, 6.45) is 0. The van der Waals surface area contributed by atoms with E-state index < -0.39 is 29.9 Å². The first-order chi connectivity index (χ1) is 7.84. The third-order valence-corrected chi connectivity index (χ3v) is 4.01. The fourth-order valence-electron chi connectivity index (χ4n) is 0.729. The third-order valence-electron chi connectivity index (χ3n) is 1.56. The average Bonchev–Trinajstić information content (AvgIpc) is 2.21. The van der Waals surface area contributed by atoms with Crippen LogP contribution in [0, 0.1) is 0 Å². The molecule has 0 aliphatic carbocycles. The molecule has 0 aromatic rings. The summed E-state index contributed by atoms with van der Waals surface area (Å²) < 4.78 is 0. The second-order valence-corrected chi connectivity index (χ2v) is 5.66. The van der Waals surface area contributed by atoms with Gasteiger partial charge in [-0.05, 0) is 0 Å². The first kappa shape index (κ1) is 16.1. The summed E-state index contributed by atoms with van der Waals surface area (Å²) in [4.78, 5) is 31.8. The maximum atomic E-state index is 10.7. The lowest BCUT2D eigenvalue weighted by molar-refractivity contribution is -0.140. The number of carbonyl (C=O) groups is 3. The quantitative estimate of drug-likeness (QED) is 0.342. The van der Waals surface area contributed by atoms with Gasteiger partial charge in [-0.2, -0.15) is 0 Å². The molecule has 0 spiro atoms. The summed E-state index contributed by atoms with van der Waals surface area (Å²) in [6.45, 7) is 1.23. The van der Waals surface area contributed by atoms with Gasteiger partial charge in [0.15, 0.2) is 0 Å². The Bertz CT molecular complexity index is 300. The molecule has 0 radical (unpaired) electrons. The second kappa shape index (κ2) is 8.20. The number of carbonyl (C=O) groups excluding carboxylic acids is 1. The minimum atomic E-state index is -1.13. The zero-order valence-electron chi connectivity index (χ0n) is 9.08. The van der Waals surface area contributed by atoms with Crippen LogP contribution in [0.15, 0.2) is 0 Å². The van der Waals surface area contributed by atoms with Gasteiger partial charge < -0.3 is 21.3 Å². The van der Waals surface area contributed by atoms with Crippen LogP contribution in [0.5, 0.6) is 0 Å². The van der Waals surface area contributed by atoms with E-state index in [4.69, 9.17) is 15.9 Å². The molecule has 7 nitrogen and oxygen atoms in total. The van der Waals surface area contributed by atoms with Gasteiger partial charge >= 0.3 is 11.9 Å². The molecule has 0 heterocycles. The number of hydrogen-bond donors (Lipinski definition) is 4. The van der Waals surface area contributed by atoms with Gasteiger partial charge in [-0.1, -0.05) is 21.6 Å². The van der Waals surface area contributed by atoms with Crippen molar-refractivity contribution in [1.82, 2.24) is 5.32 Å². The molecular weight excluding hydrogens is 268 g/mol. The van der Waals surface area contributed by atoms with Crippen LogP contribution in [-0.2, 0) is 14.4 Å². The summed E-state index contributed by atoms with van der Waals surface area (Å²) in [7, 11) is 2.31. The van der Waals surface area contributed by atoms with E-state index >= 15 is 0 Å². The van der Waals surface area contributed by atoms with Crippen molar-refractivity contribution in [3.63, 3.8) is 0 Å². The maximum Gasteiger partial charge on any atom is 0.327 e. The Labute approximate surface area is 106 Å². The van der Waals surface area contributed by atoms with E-state index in [1.54, 1.807) is 0 Å². The molecule has 1 amide bonds. The van der Waals surface area contributed by atoms with Gasteiger partial charge in [0.05, 0.1) is 0 Å². The van der Waals surface area contributed by atoms with Gasteiger partial charge in [-0.3, -0.25) is 9.59 Å². The van der Waals surface area contributed by atoms with Crippen LogP contribution in [0.2, 0.25) is 0 Å². The molecule has 0 fully saturated rings. The molecule has 0 aromatic carbocycles. The lowest BCUT2D eigenvalue weighted by Crippen LogP contribution is -2.41. The Kier molecular flexibility index (Phi) is 7.75. The molecule has 5 N–H and O–H groups in total. The first-order valence-corrected chi connectivity index (χ1v) is 7.06. The van der Waals surface area contributed by atoms with Crippen molar-refractivity contribution < 1.29 is 24.6 Å². The fraction of sp³-hybridized carbons (Fsp3) is 0.625. The number of aliphatic carboxylic acids is 2. The summed E-state index contributed by atoms with van der Waals surface area (Å²) in [6, 6.07) is -1.96. The minimum absolute atomic E-state index is 0.145. The van der Waals surface area contributed by atoms with Crippen LogP contribution >= 0.6 is 21.6 Å². The highest BCUT2D eigenvalue weighted by molar-refractivity contribution is 8.76. The average molecular weight is 282 g/mol. The molecule has 9 heteroatoms. The summed E-state index contributed by atoms with van der Waals surface area (Å²) in [5.41, 5.74) is 5.25. The highest BCUT2D eigenvalue weighted by Gasteiger charge is 2.19. The SMILES string of the molecule is CC(=O)N[C@H](CSSC[C@@H](N)C(=O)O)C(=O)O. The highest BCUT2D eigenvalue weighted by atomic mass is 33.1. The standard InChI is InChI=1S/C8H14N2O5S2/c1-4(11)10-6(8(14)15)3-17-16-2-5(9)7(12)13/h5-6H,2-3,9H2,1H3,(H,10,11)(H,12,13)(H,14,15)/t5-,6-/m1/s1. The number of amides is 1. The third kappa shape index (κ3) is 7.88. The molecule has 0 saturated carbocycles. The number of rotatable bonds is 8. The van der Waals surface area contributed by atoms with E-state index in [1.807, 2.05) is 0 Å². The molecule has 0 aliphatic rings. The lowest BCUT2D eigenvalue weighted by Gasteiger charge is -2.12. The normalized spacial score (nSPS) is 13.8. The van der Waals surface area contributed by atoms with Crippen LogP contribution in [0.4, 0.5) is 0 Å². The molecule has 0 saturated heterocycles. The Morgan fingerprint density at radius 2 is 1.71 bits per heavy atom. The van der Waals surface area contributed by atoms with Crippen LogP contribution in [-0.4, -0.2) is 51.6 Å². The molecule has 0 unspecified atom stereocenters. The molecule has 2 atom stereocenters. The molecule has 17 heavy (non-hydrogen) atoms. The molecular formula is C8H14N2O5S2. The van der Waals surface area contributed by atoms with Crippen LogP contribution in [0.1, 0.15) is 6.92 Å². The smallest absolute Gasteiger partial charge is 0.327 e. The Morgan fingerprint density at radius 1 is 1.18 bits per heavy atom. The Hall–Kier alpha value is -0.930. The van der Waals surface area contributed by atoms with Crippen molar-refractivity contribution >= 4 is 39.4 Å². The number of nitrogens with one attached hydrogen (secondary N) is 1. The maximum absolute atomic E-state index is 10.7. The first-order valence-electron chi connectivity index (χ1n) is 4.57. The molecule has 0 bridgehead atoms. The minimum Gasteiger partial charge on any atom is -0.480 e. The molecule has 0 aromatic heterocycles. The van der Waals surface area contributed by atoms with E-state index in [0.29, 0.717) is 0 Å². The van der Waals surface area contributed by atoms with Crippen molar-refractivity contribution in [2.75, 3.05) is 11.5 Å². The van der Waals surface area contributed by atoms with Crippen molar-refractivity contribution in [1.29, 1.82) is 0 Å². The van der Waals surface area contributed by atoms with E-state index in [1.165, 1.54) is 6.92 Å². The monoisotopic (exact) mass is 282 g/mol. The Morgan fingerprint density at radius 3 is 2.12 bits per heavy atom. The van der Waals surface area contributed by atoms with E-state index in [2.05, 4.69) is 5.32 Å². The zero-order valence-corrected chi connectivity index (χ0v) is 10.7. The summed E-state index contributed by atoms with van der Waals surface area (Å²) in [5, 5.41) is 19.5. The van der Waals surface area contributed by atoms with Gasteiger partial charge in [-0.15, -0.1) is 0 Å². The number of carboxylic acids is 2. The van der Waals surface area contributed by atoms with Gasteiger partial charge in [0.1, 0.15) is 12.1 Å². The van der Waals surface area contributed by atoms with Crippen molar-refractivity contribution in [3.05, 3.63) is 0 Å².